The first-order chi connectivity index (χ1) is 10.1. The Balaban J connectivity index is 1.74. The third-order valence-electron chi connectivity index (χ3n) is 3.22. The van der Waals surface area contributed by atoms with Crippen LogP contribution in [-0.2, 0) is 4.79 Å². The van der Waals surface area contributed by atoms with E-state index in [1.54, 1.807) is 23.6 Å². The van der Waals surface area contributed by atoms with Gasteiger partial charge in [0.2, 0.25) is 5.91 Å². The van der Waals surface area contributed by atoms with Crippen molar-refractivity contribution in [1.29, 1.82) is 0 Å². The number of aromatic nitrogens is 2. The van der Waals surface area contributed by atoms with Gasteiger partial charge in [-0.15, -0.1) is 11.3 Å². The molecule has 3 rings (SSSR count). The Labute approximate surface area is 126 Å². The maximum absolute atomic E-state index is 12.0. The molecule has 0 atom stereocenters. The molecule has 2 aromatic heterocycles. The first-order valence-corrected chi connectivity index (χ1v) is 7.48. The number of hydrogen-bond acceptors (Lipinski definition) is 3. The van der Waals surface area contributed by atoms with Crippen molar-refractivity contribution in [3.63, 3.8) is 0 Å². The number of carbonyl (C=O) groups excluding carboxylic acids is 1. The molecule has 0 saturated heterocycles. The van der Waals surface area contributed by atoms with Gasteiger partial charge < -0.3 is 5.32 Å². The third-order valence-corrected chi connectivity index (χ3v) is 3.99. The molecule has 1 amide bonds. The summed E-state index contributed by atoms with van der Waals surface area (Å²) in [7, 11) is 0. The van der Waals surface area contributed by atoms with Crippen LogP contribution in [0.25, 0.3) is 11.0 Å². The van der Waals surface area contributed by atoms with Crippen molar-refractivity contribution >= 4 is 34.0 Å². The minimum Gasteiger partial charge on any atom is -0.322 e. The number of benzene rings is 1. The molecule has 4 nitrogen and oxygen atoms in total. The van der Waals surface area contributed by atoms with Crippen molar-refractivity contribution in [3.8, 4) is 0 Å². The Hall–Kier alpha value is -2.40. The highest BCUT2D eigenvalue weighted by Crippen LogP contribution is 2.16. The molecule has 0 aliphatic heterocycles. The quantitative estimate of drug-likeness (QED) is 0.750. The van der Waals surface area contributed by atoms with E-state index in [4.69, 9.17) is 0 Å². The highest BCUT2D eigenvalue weighted by atomic mass is 32.1. The zero-order valence-electron chi connectivity index (χ0n) is 11.8. The van der Waals surface area contributed by atoms with E-state index in [9.17, 15) is 4.79 Å². The van der Waals surface area contributed by atoms with Gasteiger partial charge in [-0.2, -0.15) is 0 Å². The predicted molar refractivity (Wildman–Crippen MR) is 86.6 cm³/mol. The molecule has 2 heterocycles. The van der Waals surface area contributed by atoms with Gasteiger partial charge in [0.05, 0.1) is 11.9 Å². The van der Waals surface area contributed by atoms with Crippen molar-refractivity contribution in [3.05, 3.63) is 58.9 Å². The molecule has 0 saturated carbocycles. The summed E-state index contributed by atoms with van der Waals surface area (Å²) in [6, 6.07) is 5.95. The standard InChI is InChI=1S/C16H15N3OS/c1-11-3-5-14(12(2)9-11)18-15(20)6-4-13-10-17-16-19(13)7-8-21-16/h3-10H,1-2H3,(H,18,20)/b6-4+. The highest BCUT2D eigenvalue weighted by molar-refractivity contribution is 7.15. The second-order valence-electron chi connectivity index (χ2n) is 4.88. The number of anilines is 1. The van der Waals surface area contributed by atoms with E-state index in [0.29, 0.717) is 0 Å². The Kier molecular flexibility index (Phi) is 3.58. The molecule has 5 heteroatoms. The summed E-state index contributed by atoms with van der Waals surface area (Å²) in [4.78, 5) is 17.2. The van der Waals surface area contributed by atoms with Crippen molar-refractivity contribution < 1.29 is 4.79 Å². The zero-order chi connectivity index (χ0) is 14.8. The fourth-order valence-electron chi connectivity index (χ4n) is 2.16. The van der Waals surface area contributed by atoms with Crippen molar-refractivity contribution in [2.45, 2.75) is 13.8 Å². The minimum absolute atomic E-state index is 0.146. The van der Waals surface area contributed by atoms with E-state index in [1.807, 2.05) is 48.0 Å². The molecular formula is C16H15N3OS. The second kappa shape index (κ2) is 5.54. The number of aryl methyl sites for hydroxylation is 2. The molecule has 106 valence electrons. The topological polar surface area (TPSA) is 46.4 Å². The van der Waals surface area contributed by atoms with E-state index < -0.39 is 0 Å². The molecule has 3 aromatic rings. The summed E-state index contributed by atoms with van der Waals surface area (Å²) in [6.45, 7) is 4.02. The molecule has 0 unspecified atom stereocenters. The van der Waals surface area contributed by atoms with Crippen LogP contribution in [0.3, 0.4) is 0 Å². The van der Waals surface area contributed by atoms with Crippen LogP contribution in [0.1, 0.15) is 16.8 Å². The summed E-state index contributed by atoms with van der Waals surface area (Å²) in [6.07, 6.45) is 6.99. The van der Waals surface area contributed by atoms with Crippen molar-refractivity contribution in [2.24, 2.45) is 0 Å². The van der Waals surface area contributed by atoms with Gasteiger partial charge in [0, 0.05) is 23.3 Å². The lowest BCUT2D eigenvalue weighted by molar-refractivity contribution is -0.111. The summed E-state index contributed by atoms with van der Waals surface area (Å²) in [5, 5.41) is 4.86. The number of carbonyl (C=O) groups is 1. The summed E-state index contributed by atoms with van der Waals surface area (Å²) >= 11 is 1.57. The largest absolute Gasteiger partial charge is 0.322 e. The van der Waals surface area contributed by atoms with Gasteiger partial charge in [-0.1, -0.05) is 17.7 Å². The number of nitrogens with one attached hydrogen (secondary N) is 1. The normalized spacial score (nSPS) is 11.3. The van der Waals surface area contributed by atoms with E-state index in [0.717, 1.165) is 21.9 Å². The third kappa shape index (κ3) is 2.87. The lowest BCUT2D eigenvalue weighted by Gasteiger charge is -2.06. The Bertz CT molecular complexity index is 829. The molecule has 21 heavy (non-hydrogen) atoms. The van der Waals surface area contributed by atoms with Gasteiger partial charge >= 0.3 is 0 Å². The van der Waals surface area contributed by atoms with Crippen molar-refractivity contribution in [2.75, 3.05) is 5.32 Å². The molecule has 0 spiro atoms. The lowest BCUT2D eigenvalue weighted by atomic mass is 10.1. The predicted octanol–water partition coefficient (Wildman–Crippen LogP) is 3.66. The zero-order valence-corrected chi connectivity index (χ0v) is 12.6. The van der Waals surface area contributed by atoms with Crippen LogP contribution in [0.2, 0.25) is 0 Å². The Morgan fingerprint density at radius 1 is 1.38 bits per heavy atom. The van der Waals surface area contributed by atoms with Crippen LogP contribution < -0.4 is 5.32 Å². The maximum atomic E-state index is 12.0. The fourth-order valence-corrected chi connectivity index (χ4v) is 2.86. The van der Waals surface area contributed by atoms with Crippen LogP contribution in [0.5, 0.6) is 0 Å². The van der Waals surface area contributed by atoms with E-state index in [1.165, 1.54) is 11.6 Å². The smallest absolute Gasteiger partial charge is 0.248 e. The highest BCUT2D eigenvalue weighted by Gasteiger charge is 2.03. The second-order valence-corrected chi connectivity index (χ2v) is 5.75. The van der Waals surface area contributed by atoms with Crippen molar-refractivity contribution in [1.82, 2.24) is 9.38 Å². The summed E-state index contributed by atoms with van der Waals surface area (Å²) in [5.41, 5.74) is 3.97. The monoisotopic (exact) mass is 297 g/mol. The molecule has 0 radical (unpaired) electrons. The molecule has 1 aromatic carbocycles. The Morgan fingerprint density at radius 3 is 3.05 bits per heavy atom. The van der Waals surface area contributed by atoms with Gasteiger partial charge in [0.15, 0.2) is 4.96 Å². The Morgan fingerprint density at radius 2 is 2.24 bits per heavy atom. The van der Waals surface area contributed by atoms with Crippen LogP contribution in [0, 0.1) is 13.8 Å². The number of hydrogen-bond donors (Lipinski definition) is 1. The van der Waals surface area contributed by atoms with E-state index in [2.05, 4.69) is 10.3 Å². The number of imidazole rings is 1. The van der Waals surface area contributed by atoms with Gasteiger partial charge in [0.25, 0.3) is 0 Å². The molecule has 1 N–H and O–H groups in total. The average molecular weight is 297 g/mol. The first-order valence-electron chi connectivity index (χ1n) is 6.60. The van der Waals surface area contributed by atoms with Gasteiger partial charge in [-0.3, -0.25) is 9.20 Å². The van der Waals surface area contributed by atoms with Crippen LogP contribution in [-0.4, -0.2) is 15.3 Å². The van der Waals surface area contributed by atoms with Crippen LogP contribution in [0.15, 0.2) is 42.0 Å². The van der Waals surface area contributed by atoms with E-state index in [-0.39, 0.29) is 5.91 Å². The molecule has 0 aliphatic rings. The molecule has 0 bridgehead atoms. The fraction of sp³-hybridized carbons (Fsp3) is 0.125. The molecule has 0 aliphatic carbocycles. The number of nitrogens with zero attached hydrogens (tertiary/aromatic N) is 2. The summed E-state index contributed by atoms with van der Waals surface area (Å²) in [5.74, 6) is -0.146. The number of fused-ring (bicyclic) bond motifs is 1. The summed E-state index contributed by atoms with van der Waals surface area (Å²) < 4.78 is 1.95. The number of thiazole rings is 1. The molecular weight excluding hydrogens is 282 g/mol. The molecule has 0 fully saturated rings. The van der Waals surface area contributed by atoms with Crippen LogP contribution >= 0.6 is 11.3 Å². The maximum Gasteiger partial charge on any atom is 0.248 e. The van der Waals surface area contributed by atoms with Gasteiger partial charge in [-0.25, -0.2) is 4.98 Å². The van der Waals surface area contributed by atoms with E-state index >= 15 is 0 Å². The number of rotatable bonds is 3. The lowest BCUT2D eigenvalue weighted by Crippen LogP contribution is -2.09. The van der Waals surface area contributed by atoms with Crippen LogP contribution in [0.4, 0.5) is 5.69 Å². The first kappa shape index (κ1) is 13.6. The average Bonchev–Trinajstić information content (AvgIpc) is 3.03. The van der Waals surface area contributed by atoms with Gasteiger partial charge in [-0.05, 0) is 31.6 Å². The van der Waals surface area contributed by atoms with Gasteiger partial charge in [0.1, 0.15) is 0 Å². The number of amides is 1. The SMILES string of the molecule is Cc1ccc(NC(=O)/C=C/c2cnc3sccn23)c(C)c1. The minimum atomic E-state index is -0.146.